The monoisotopic (exact) mass is 344 g/mol. The Labute approximate surface area is 143 Å². The molecule has 0 fully saturated rings. The molecule has 0 saturated carbocycles. The summed E-state index contributed by atoms with van der Waals surface area (Å²) >= 11 is 1.65. The lowest BCUT2D eigenvalue weighted by Gasteiger charge is -2.13. The highest BCUT2D eigenvalue weighted by molar-refractivity contribution is 7.18. The Morgan fingerprint density at radius 1 is 1.29 bits per heavy atom. The van der Waals surface area contributed by atoms with E-state index in [1.165, 1.54) is 16.5 Å². The van der Waals surface area contributed by atoms with E-state index in [1.807, 2.05) is 13.1 Å². The summed E-state index contributed by atoms with van der Waals surface area (Å²) in [6, 6.07) is 6.80. The lowest BCUT2D eigenvalue weighted by Crippen LogP contribution is -3.06. The molecule has 2 N–H and O–H groups in total. The summed E-state index contributed by atoms with van der Waals surface area (Å²) in [5.74, 6) is 0.477. The molecule has 0 spiro atoms. The van der Waals surface area contributed by atoms with E-state index in [4.69, 9.17) is 0 Å². The predicted molar refractivity (Wildman–Crippen MR) is 93.0 cm³/mol. The fourth-order valence-corrected chi connectivity index (χ4v) is 4.73. The molecule has 2 aromatic heterocycles. The highest BCUT2D eigenvalue weighted by Crippen LogP contribution is 2.34. The number of aryl methyl sites for hydroxylation is 2. The van der Waals surface area contributed by atoms with Crippen LogP contribution in [0, 0.1) is 5.82 Å². The maximum absolute atomic E-state index is 13.8. The maximum atomic E-state index is 13.8. The van der Waals surface area contributed by atoms with Crippen LogP contribution in [-0.4, -0.2) is 17.0 Å². The highest BCUT2D eigenvalue weighted by Gasteiger charge is 2.21. The van der Waals surface area contributed by atoms with Gasteiger partial charge in [0.25, 0.3) is 5.56 Å². The topological polar surface area (TPSA) is 50.2 Å². The molecule has 1 aliphatic carbocycles. The van der Waals surface area contributed by atoms with Gasteiger partial charge in [0.2, 0.25) is 0 Å². The first-order chi connectivity index (χ1) is 11.6. The van der Waals surface area contributed by atoms with Crippen LogP contribution in [0.3, 0.4) is 0 Å². The van der Waals surface area contributed by atoms with Gasteiger partial charge in [0.1, 0.15) is 23.7 Å². The highest BCUT2D eigenvalue weighted by atomic mass is 32.1. The molecule has 1 aliphatic rings. The van der Waals surface area contributed by atoms with E-state index in [-0.39, 0.29) is 11.4 Å². The van der Waals surface area contributed by atoms with Crippen LogP contribution in [0.4, 0.5) is 4.39 Å². The quantitative estimate of drug-likeness (QED) is 0.759. The average molecular weight is 344 g/mol. The van der Waals surface area contributed by atoms with Gasteiger partial charge in [-0.25, -0.2) is 9.37 Å². The zero-order chi connectivity index (χ0) is 16.7. The Kier molecular flexibility index (Phi) is 3.94. The number of aromatic nitrogens is 2. The van der Waals surface area contributed by atoms with E-state index in [0.717, 1.165) is 34.4 Å². The van der Waals surface area contributed by atoms with Gasteiger partial charge in [-0.05, 0) is 30.9 Å². The third-order valence-corrected chi connectivity index (χ3v) is 5.73. The third kappa shape index (κ3) is 2.76. The van der Waals surface area contributed by atoms with Crippen LogP contribution in [0.2, 0.25) is 0 Å². The second-order valence-corrected chi connectivity index (χ2v) is 7.54. The van der Waals surface area contributed by atoms with Crippen molar-refractivity contribution in [1.82, 2.24) is 9.97 Å². The lowest BCUT2D eigenvalue weighted by atomic mass is 10.2. The van der Waals surface area contributed by atoms with Crippen LogP contribution < -0.4 is 10.5 Å². The van der Waals surface area contributed by atoms with Crippen LogP contribution in [0.25, 0.3) is 10.2 Å². The van der Waals surface area contributed by atoms with Gasteiger partial charge in [-0.2, -0.15) is 0 Å². The molecule has 0 aliphatic heterocycles. The van der Waals surface area contributed by atoms with Crippen molar-refractivity contribution < 1.29 is 9.29 Å². The van der Waals surface area contributed by atoms with Crippen LogP contribution >= 0.6 is 11.3 Å². The molecule has 1 aromatic carbocycles. The van der Waals surface area contributed by atoms with Crippen LogP contribution in [-0.2, 0) is 25.9 Å². The predicted octanol–water partition coefficient (Wildman–Crippen LogP) is 1.83. The standard InChI is InChI=1S/C18H18FN3OS/c1-22(9-11-5-2-3-7-13(11)19)10-15-20-17(23)16-12-6-4-8-14(12)24-18(16)21-15/h2-3,5,7H,4,6,8-10H2,1H3,(H,20,21,23)/p+1. The number of H-pyrrole nitrogens is 1. The van der Waals surface area contributed by atoms with Gasteiger partial charge in [-0.1, -0.05) is 18.2 Å². The lowest BCUT2D eigenvalue weighted by molar-refractivity contribution is -0.908. The number of benzene rings is 1. The van der Waals surface area contributed by atoms with Crippen molar-refractivity contribution >= 4 is 21.6 Å². The largest absolute Gasteiger partial charge is 0.327 e. The smallest absolute Gasteiger partial charge is 0.260 e. The number of quaternary nitrogens is 1. The average Bonchev–Trinajstić information content (AvgIpc) is 3.09. The number of rotatable bonds is 4. The van der Waals surface area contributed by atoms with Crippen molar-refractivity contribution in [3.05, 3.63) is 62.3 Å². The van der Waals surface area contributed by atoms with Gasteiger partial charge in [-0.15, -0.1) is 11.3 Å². The van der Waals surface area contributed by atoms with E-state index < -0.39 is 0 Å². The number of hydrogen-bond acceptors (Lipinski definition) is 3. The second kappa shape index (κ2) is 6.11. The molecule has 0 bridgehead atoms. The van der Waals surface area contributed by atoms with Gasteiger partial charge in [0.15, 0.2) is 5.82 Å². The molecule has 0 amide bonds. The van der Waals surface area contributed by atoms with Gasteiger partial charge in [-0.3, -0.25) is 4.79 Å². The Bertz CT molecular complexity index is 963. The Hall–Kier alpha value is -2.05. The van der Waals surface area contributed by atoms with E-state index in [1.54, 1.807) is 23.5 Å². The molecule has 0 radical (unpaired) electrons. The number of fused-ring (bicyclic) bond motifs is 3. The zero-order valence-corrected chi connectivity index (χ0v) is 14.3. The number of nitrogens with zero attached hydrogens (tertiary/aromatic N) is 1. The molecular weight excluding hydrogens is 325 g/mol. The summed E-state index contributed by atoms with van der Waals surface area (Å²) in [5.41, 5.74) is 1.84. The minimum absolute atomic E-state index is 0.0342. The molecule has 1 unspecified atom stereocenters. The fourth-order valence-electron chi connectivity index (χ4n) is 3.45. The van der Waals surface area contributed by atoms with Crippen molar-refractivity contribution in [1.29, 1.82) is 0 Å². The first kappa shape index (κ1) is 15.5. The number of halogens is 1. The number of nitrogens with one attached hydrogen (secondary N) is 2. The first-order valence-electron chi connectivity index (χ1n) is 8.20. The summed E-state index contributed by atoms with van der Waals surface area (Å²) in [5, 5.41) is 0.781. The summed E-state index contributed by atoms with van der Waals surface area (Å²) in [6.45, 7) is 1.11. The zero-order valence-electron chi connectivity index (χ0n) is 13.5. The fraction of sp³-hybridized carbons (Fsp3) is 0.333. The first-order valence-corrected chi connectivity index (χ1v) is 9.01. The van der Waals surface area contributed by atoms with E-state index >= 15 is 0 Å². The molecule has 3 aromatic rings. The number of aromatic amines is 1. The molecular formula is C18H19FN3OS+. The van der Waals surface area contributed by atoms with Crippen molar-refractivity contribution in [2.45, 2.75) is 32.4 Å². The Morgan fingerprint density at radius 3 is 2.96 bits per heavy atom. The van der Waals surface area contributed by atoms with Crippen molar-refractivity contribution in [3.63, 3.8) is 0 Å². The molecule has 1 atom stereocenters. The molecule has 2 heterocycles. The molecule has 6 heteroatoms. The molecule has 24 heavy (non-hydrogen) atoms. The number of thiophene rings is 1. The van der Waals surface area contributed by atoms with Gasteiger partial charge in [0.05, 0.1) is 12.4 Å². The summed E-state index contributed by atoms with van der Waals surface area (Å²) in [4.78, 5) is 23.3. The van der Waals surface area contributed by atoms with Crippen LogP contribution in [0.15, 0.2) is 29.1 Å². The SMILES string of the molecule is C[NH+](Cc1nc2sc3c(c2c(=O)[nH]1)CCC3)Cc1ccccc1F. The second-order valence-electron chi connectivity index (χ2n) is 6.45. The Balaban J connectivity index is 1.59. The Morgan fingerprint density at radius 2 is 2.12 bits per heavy atom. The summed E-state index contributed by atoms with van der Waals surface area (Å²) in [6.07, 6.45) is 3.18. The van der Waals surface area contributed by atoms with Crippen molar-refractivity contribution in [2.24, 2.45) is 0 Å². The maximum Gasteiger partial charge on any atom is 0.260 e. The van der Waals surface area contributed by atoms with Gasteiger partial charge in [0, 0.05) is 10.4 Å². The van der Waals surface area contributed by atoms with E-state index in [2.05, 4.69) is 9.97 Å². The normalized spacial score (nSPS) is 14.9. The minimum atomic E-state index is -0.191. The van der Waals surface area contributed by atoms with E-state index in [0.29, 0.717) is 24.5 Å². The summed E-state index contributed by atoms with van der Waals surface area (Å²) in [7, 11) is 1.98. The third-order valence-electron chi connectivity index (χ3n) is 4.54. The van der Waals surface area contributed by atoms with Gasteiger partial charge < -0.3 is 9.88 Å². The van der Waals surface area contributed by atoms with Crippen LogP contribution in [0.5, 0.6) is 0 Å². The molecule has 0 saturated heterocycles. The number of hydrogen-bond donors (Lipinski definition) is 2. The minimum Gasteiger partial charge on any atom is -0.327 e. The van der Waals surface area contributed by atoms with Crippen LogP contribution in [0.1, 0.15) is 28.2 Å². The summed E-state index contributed by atoms with van der Waals surface area (Å²) < 4.78 is 13.8. The molecule has 4 nitrogen and oxygen atoms in total. The van der Waals surface area contributed by atoms with Crippen molar-refractivity contribution in [3.8, 4) is 0 Å². The molecule has 124 valence electrons. The van der Waals surface area contributed by atoms with Gasteiger partial charge >= 0.3 is 0 Å². The van der Waals surface area contributed by atoms with E-state index in [9.17, 15) is 9.18 Å². The molecule has 4 rings (SSSR count). The van der Waals surface area contributed by atoms with Crippen molar-refractivity contribution in [2.75, 3.05) is 7.05 Å².